The minimum Gasteiger partial charge on any atom is -0.296 e. The zero-order valence-corrected chi connectivity index (χ0v) is 15.4. The fraction of sp³-hybridized carbons (Fsp3) is 0.222. The molecule has 0 aliphatic carbocycles. The van der Waals surface area contributed by atoms with Crippen LogP contribution in [0.4, 0.5) is 9.52 Å². The second-order valence-electron chi connectivity index (χ2n) is 5.69. The van der Waals surface area contributed by atoms with Crippen molar-refractivity contribution in [2.24, 2.45) is 0 Å². The maximum absolute atomic E-state index is 14.1. The number of amides is 1. The lowest BCUT2D eigenvalue weighted by atomic mass is 10.2. The number of aryl methyl sites for hydroxylation is 3. The van der Waals surface area contributed by atoms with Gasteiger partial charge in [0.1, 0.15) is 11.5 Å². The third-order valence-electron chi connectivity index (χ3n) is 3.85. The molecule has 0 aliphatic rings. The van der Waals surface area contributed by atoms with E-state index in [4.69, 9.17) is 0 Å². The zero-order chi connectivity index (χ0) is 18.8. The minimum absolute atomic E-state index is 0.164. The zero-order valence-electron chi connectivity index (χ0n) is 14.5. The van der Waals surface area contributed by atoms with Crippen molar-refractivity contribution in [1.29, 1.82) is 0 Å². The van der Waals surface area contributed by atoms with Gasteiger partial charge in [-0.15, -0.1) is 11.3 Å². The molecular weight excluding hydrogens is 355 g/mol. The molecule has 1 N–H and O–H groups in total. The molecule has 0 radical (unpaired) electrons. The molecule has 1 aromatic carbocycles. The van der Waals surface area contributed by atoms with Crippen LogP contribution in [-0.4, -0.2) is 20.7 Å². The van der Waals surface area contributed by atoms with Gasteiger partial charge < -0.3 is 0 Å². The van der Waals surface area contributed by atoms with Crippen LogP contribution >= 0.6 is 11.3 Å². The summed E-state index contributed by atoms with van der Waals surface area (Å²) in [7, 11) is 0. The summed E-state index contributed by atoms with van der Waals surface area (Å²) in [4.78, 5) is 30.1. The van der Waals surface area contributed by atoms with E-state index in [9.17, 15) is 14.0 Å². The molecule has 0 aliphatic heterocycles. The first-order chi connectivity index (χ1) is 12.4. The van der Waals surface area contributed by atoms with Crippen LogP contribution in [-0.2, 0) is 6.42 Å². The number of nitrogens with one attached hydrogen (secondary N) is 1. The molecule has 0 spiro atoms. The van der Waals surface area contributed by atoms with Crippen molar-refractivity contribution in [2.75, 3.05) is 5.32 Å². The lowest BCUT2D eigenvalue weighted by molar-refractivity contribution is 0.101. The van der Waals surface area contributed by atoms with Gasteiger partial charge in [-0.25, -0.2) is 14.1 Å². The summed E-state index contributed by atoms with van der Waals surface area (Å²) in [5, 5.41) is 7.09. The lowest BCUT2D eigenvalue weighted by Crippen LogP contribution is -2.27. The molecule has 6 nitrogen and oxygen atoms in total. The summed E-state index contributed by atoms with van der Waals surface area (Å²) in [6.07, 6.45) is 0.751. The molecule has 0 saturated carbocycles. The first kappa shape index (κ1) is 17.9. The van der Waals surface area contributed by atoms with Crippen LogP contribution in [0, 0.1) is 19.7 Å². The molecule has 0 fully saturated rings. The topological polar surface area (TPSA) is 76.9 Å². The van der Waals surface area contributed by atoms with Gasteiger partial charge in [-0.05, 0) is 32.4 Å². The summed E-state index contributed by atoms with van der Waals surface area (Å²) in [5.41, 5.74) is 0.639. The lowest BCUT2D eigenvalue weighted by Gasteiger charge is -2.11. The molecule has 0 bridgehead atoms. The van der Waals surface area contributed by atoms with Crippen molar-refractivity contribution in [2.45, 2.75) is 27.2 Å². The Hall–Kier alpha value is -2.87. The van der Waals surface area contributed by atoms with E-state index in [1.807, 2.05) is 13.8 Å². The number of aromatic nitrogens is 3. The van der Waals surface area contributed by atoms with E-state index < -0.39 is 17.2 Å². The van der Waals surface area contributed by atoms with Crippen LogP contribution in [0.5, 0.6) is 0 Å². The van der Waals surface area contributed by atoms with Crippen LogP contribution in [0.3, 0.4) is 0 Å². The Bertz CT molecular complexity index is 1040. The Balaban J connectivity index is 1.99. The Morgan fingerprint density at radius 3 is 2.69 bits per heavy atom. The van der Waals surface area contributed by atoms with Gasteiger partial charge in [0.2, 0.25) is 5.43 Å². The van der Waals surface area contributed by atoms with Crippen LogP contribution < -0.4 is 10.7 Å². The summed E-state index contributed by atoms with van der Waals surface area (Å²) in [5.74, 6) is -1.17. The Morgan fingerprint density at radius 2 is 2.04 bits per heavy atom. The van der Waals surface area contributed by atoms with Crippen LogP contribution in [0.25, 0.3) is 5.69 Å². The van der Waals surface area contributed by atoms with Crippen LogP contribution in [0.15, 0.2) is 35.1 Å². The van der Waals surface area contributed by atoms with E-state index in [0.29, 0.717) is 10.8 Å². The fourth-order valence-corrected chi connectivity index (χ4v) is 3.44. The largest absolute Gasteiger partial charge is 0.296 e. The number of rotatable bonds is 4. The number of benzene rings is 1. The van der Waals surface area contributed by atoms with E-state index >= 15 is 0 Å². The summed E-state index contributed by atoms with van der Waals surface area (Å²) >= 11 is 1.33. The quantitative estimate of drug-likeness (QED) is 0.763. The number of carbonyl (C=O) groups is 1. The third-order valence-corrected chi connectivity index (χ3v) is 4.78. The minimum atomic E-state index is -0.670. The molecule has 2 aromatic heterocycles. The van der Waals surface area contributed by atoms with Crippen molar-refractivity contribution < 1.29 is 9.18 Å². The molecule has 8 heteroatoms. The normalized spacial score (nSPS) is 10.8. The molecule has 134 valence electrons. The number of nitrogens with zero attached hydrogens (tertiary/aromatic N) is 3. The van der Waals surface area contributed by atoms with E-state index in [2.05, 4.69) is 15.4 Å². The predicted molar refractivity (Wildman–Crippen MR) is 98.7 cm³/mol. The van der Waals surface area contributed by atoms with Crippen molar-refractivity contribution in [3.05, 3.63) is 68.3 Å². The van der Waals surface area contributed by atoms with Gasteiger partial charge in [0.15, 0.2) is 10.8 Å². The SMILES string of the molecule is CCc1nc(NC(=O)c2nn(-c3ccccc3F)c(C)cc2=O)sc1C. The highest BCUT2D eigenvalue weighted by Gasteiger charge is 2.18. The number of carbonyl (C=O) groups excluding carboxylic acids is 1. The van der Waals surface area contributed by atoms with Crippen molar-refractivity contribution in [3.63, 3.8) is 0 Å². The summed E-state index contributed by atoms with van der Waals surface area (Å²) in [6.45, 7) is 5.52. The van der Waals surface area contributed by atoms with E-state index in [1.54, 1.807) is 19.1 Å². The molecular formula is C18H17FN4O2S. The molecule has 26 heavy (non-hydrogen) atoms. The highest BCUT2D eigenvalue weighted by atomic mass is 32.1. The number of hydrogen-bond acceptors (Lipinski definition) is 5. The maximum atomic E-state index is 14.1. The number of para-hydroxylation sites is 1. The standard InChI is InChI=1S/C18H17FN4O2S/c1-4-13-11(3)26-18(20-13)21-17(25)16-15(24)9-10(2)23(22-16)14-8-6-5-7-12(14)19/h5-9H,4H2,1-3H3,(H,20,21,25). The molecule has 3 aromatic rings. The fourth-order valence-electron chi connectivity index (χ4n) is 2.54. The van der Waals surface area contributed by atoms with E-state index in [0.717, 1.165) is 17.0 Å². The van der Waals surface area contributed by atoms with Gasteiger partial charge in [-0.2, -0.15) is 5.10 Å². The van der Waals surface area contributed by atoms with Gasteiger partial charge in [-0.3, -0.25) is 14.9 Å². The molecule has 3 rings (SSSR count). The second-order valence-corrected chi connectivity index (χ2v) is 6.89. The van der Waals surface area contributed by atoms with Crippen LogP contribution in [0.2, 0.25) is 0 Å². The van der Waals surface area contributed by atoms with Crippen molar-refractivity contribution in [3.8, 4) is 5.69 Å². The van der Waals surface area contributed by atoms with Gasteiger partial charge in [-0.1, -0.05) is 19.1 Å². The van der Waals surface area contributed by atoms with Crippen molar-refractivity contribution in [1.82, 2.24) is 14.8 Å². The van der Waals surface area contributed by atoms with Crippen molar-refractivity contribution >= 4 is 22.4 Å². The van der Waals surface area contributed by atoms with Gasteiger partial charge in [0.25, 0.3) is 5.91 Å². The monoisotopic (exact) mass is 372 g/mol. The number of halogens is 1. The molecule has 2 heterocycles. The smallest absolute Gasteiger partial charge is 0.281 e. The second kappa shape index (κ2) is 7.17. The maximum Gasteiger partial charge on any atom is 0.281 e. The molecule has 1 amide bonds. The average molecular weight is 372 g/mol. The molecule has 0 saturated heterocycles. The Morgan fingerprint density at radius 1 is 1.31 bits per heavy atom. The number of hydrogen-bond donors (Lipinski definition) is 1. The Labute approximate surface area is 153 Å². The van der Waals surface area contributed by atoms with Gasteiger partial charge in [0.05, 0.1) is 5.69 Å². The number of anilines is 1. The summed E-state index contributed by atoms with van der Waals surface area (Å²) < 4.78 is 15.3. The van der Waals surface area contributed by atoms with Crippen LogP contribution in [0.1, 0.15) is 33.7 Å². The van der Waals surface area contributed by atoms with Gasteiger partial charge >= 0.3 is 0 Å². The van der Waals surface area contributed by atoms with E-state index in [-0.39, 0.29) is 11.4 Å². The molecule has 0 unspecified atom stereocenters. The average Bonchev–Trinajstić information content (AvgIpc) is 2.95. The first-order valence-electron chi connectivity index (χ1n) is 8.04. The highest BCUT2D eigenvalue weighted by Crippen LogP contribution is 2.22. The number of thiazole rings is 1. The predicted octanol–water partition coefficient (Wildman–Crippen LogP) is 3.26. The molecule has 0 atom stereocenters. The Kier molecular flexibility index (Phi) is 4.94. The first-order valence-corrected chi connectivity index (χ1v) is 8.86. The highest BCUT2D eigenvalue weighted by molar-refractivity contribution is 7.15. The summed E-state index contributed by atoms with van der Waals surface area (Å²) in [6, 6.07) is 7.29. The van der Waals surface area contributed by atoms with Gasteiger partial charge in [0, 0.05) is 16.6 Å². The third kappa shape index (κ3) is 3.41. The van der Waals surface area contributed by atoms with E-state index in [1.165, 1.54) is 34.2 Å².